The van der Waals surface area contributed by atoms with Crippen LogP contribution in [0.1, 0.15) is 5.56 Å². The lowest BCUT2D eigenvalue weighted by atomic mass is 10.1. The van der Waals surface area contributed by atoms with Gasteiger partial charge in [-0.25, -0.2) is 0 Å². The van der Waals surface area contributed by atoms with Crippen LogP contribution in [0.4, 0.5) is 0 Å². The molecule has 84 valence electrons. The van der Waals surface area contributed by atoms with E-state index in [4.69, 9.17) is 0 Å². The summed E-state index contributed by atoms with van der Waals surface area (Å²) in [7, 11) is 1.93. The van der Waals surface area contributed by atoms with E-state index in [1.807, 2.05) is 25.4 Å². The Morgan fingerprint density at radius 2 is 2.06 bits per heavy atom. The Morgan fingerprint density at radius 3 is 2.75 bits per heavy atom. The van der Waals surface area contributed by atoms with Gasteiger partial charge >= 0.3 is 0 Å². The van der Waals surface area contributed by atoms with E-state index in [0.29, 0.717) is 0 Å². The van der Waals surface area contributed by atoms with Crippen LogP contribution in [0.2, 0.25) is 0 Å². The van der Waals surface area contributed by atoms with Crippen LogP contribution < -0.4 is 5.32 Å². The number of aromatic nitrogens is 2. The van der Waals surface area contributed by atoms with E-state index in [1.165, 1.54) is 5.56 Å². The molecule has 2 aromatic rings. The number of H-pyrrole nitrogens is 1. The minimum atomic E-state index is 0.278. The molecule has 0 aliphatic heterocycles. The van der Waals surface area contributed by atoms with Crippen LogP contribution in [-0.4, -0.2) is 28.9 Å². The molecule has 0 saturated carbocycles. The number of phenols is 1. The van der Waals surface area contributed by atoms with E-state index >= 15 is 0 Å². The number of benzene rings is 1. The van der Waals surface area contributed by atoms with Crippen molar-refractivity contribution in [1.82, 2.24) is 15.5 Å². The van der Waals surface area contributed by atoms with E-state index < -0.39 is 0 Å². The predicted octanol–water partition coefficient (Wildman–Crippen LogP) is 1.54. The molecule has 0 radical (unpaired) electrons. The van der Waals surface area contributed by atoms with Crippen LogP contribution in [-0.2, 0) is 6.42 Å². The number of aromatic amines is 1. The minimum Gasteiger partial charge on any atom is -0.508 e. The normalized spacial score (nSPS) is 10.6. The molecule has 0 spiro atoms. The highest BCUT2D eigenvalue weighted by Crippen LogP contribution is 2.23. The van der Waals surface area contributed by atoms with Gasteiger partial charge < -0.3 is 10.4 Å². The first kappa shape index (κ1) is 10.7. The summed E-state index contributed by atoms with van der Waals surface area (Å²) in [5, 5.41) is 19.4. The number of nitrogens with one attached hydrogen (secondary N) is 2. The fourth-order valence-corrected chi connectivity index (χ4v) is 1.64. The molecule has 0 fully saturated rings. The van der Waals surface area contributed by atoms with Crippen LogP contribution in [0.15, 0.2) is 30.5 Å². The maximum atomic E-state index is 9.23. The Kier molecular flexibility index (Phi) is 3.22. The molecule has 3 N–H and O–H groups in total. The molecule has 4 heteroatoms. The third-order valence-electron chi connectivity index (χ3n) is 2.52. The molecular formula is C12H15N3O. The number of hydrogen-bond donors (Lipinski definition) is 3. The van der Waals surface area contributed by atoms with E-state index in [2.05, 4.69) is 15.5 Å². The molecule has 0 atom stereocenters. The molecule has 4 nitrogen and oxygen atoms in total. The second kappa shape index (κ2) is 4.81. The maximum absolute atomic E-state index is 9.23. The van der Waals surface area contributed by atoms with Gasteiger partial charge in [-0.05, 0) is 49.8 Å². The number of hydrogen-bond acceptors (Lipinski definition) is 3. The summed E-state index contributed by atoms with van der Waals surface area (Å²) < 4.78 is 0. The summed E-state index contributed by atoms with van der Waals surface area (Å²) in [5.74, 6) is 0.278. The van der Waals surface area contributed by atoms with Gasteiger partial charge in [0.05, 0.1) is 11.9 Å². The first-order valence-electron chi connectivity index (χ1n) is 5.27. The van der Waals surface area contributed by atoms with Crippen molar-refractivity contribution >= 4 is 0 Å². The molecule has 0 aliphatic carbocycles. The van der Waals surface area contributed by atoms with E-state index in [0.717, 1.165) is 24.2 Å². The molecule has 0 bridgehead atoms. The lowest BCUT2D eigenvalue weighted by molar-refractivity contribution is 0.475. The molecule has 0 unspecified atom stereocenters. The van der Waals surface area contributed by atoms with Crippen LogP contribution >= 0.6 is 0 Å². The Morgan fingerprint density at radius 1 is 1.31 bits per heavy atom. The van der Waals surface area contributed by atoms with Gasteiger partial charge in [0.2, 0.25) is 0 Å². The molecule has 0 saturated heterocycles. The second-order valence-electron chi connectivity index (χ2n) is 3.67. The number of rotatable bonds is 4. The SMILES string of the molecule is CNCCc1cn[nH]c1-c1ccc(O)cc1. The summed E-state index contributed by atoms with van der Waals surface area (Å²) in [6.07, 6.45) is 2.78. The molecule has 0 amide bonds. The van der Waals surface area contributed by atoms with E-state index in [-0.39, 0.29) is 5.75 Å². The third-order valence-corrected chi connectivity index (χ3v) is 2.52. The maximum Gasteiger partial charge on any atom is 0.115 e. The summed E-state index contributed by atoms with van der Waals surface area (Å²) in [6, 6.07) is 7.12. The van der Waals surface area contributed by atoms with Crippen LogP contribution in [0.5, 0.6) is 5.75 Å². The van der Waals surface area contributed by atoms with Crippen molar-refractivity contribution in [1.29, 1.82) is 0 Å². The summed E-state index contributed by atoms with van der Waals surface area (Å²) in [4.78, 5) is 0. The van der Waals surface area contributed by atoms with Crippen molar-refractivity contribution in [2.75, 3.05) is 13.6 Å². The van der Waals surface area contributed by atoms with Crippen molar-refractivity contribution < 1.29 is 5.11 Å². The second-order valence-corrected chi connectivity index (χ2v) is 3.67. The van der Waals surface area contributed by atoms with Gasteiger partial charge in [0.25, 0.3) is 0 Å². The predicted molar refractivity (Wildman–Crippen MR) is 63.3 cm³/mol. The number of aromatic hydroxyl groups is 1. The average Bonchev–Trinajstić information content (AvgIpc) is 2.75. The number of likely N-dealkylation sites (N-methyl/N-ethyl adjacent to an activating group) is 1. The molecular weight excluding hydrogens is 202 g/mol. The fourth-order valence-electron chi connectivity index (χ4n) is 1.64. The fraction of sp³-hybridized carbons (Fsp3) is 0.250. The Bertz CT molecular complexity index is 448. The van der Waals surface area contributed by atoms with Gasteiger partial charge in [-0.2, -0.15) is 5.10 Å². The first-order valence-corrected chi connectivity index (χ1v) is 5.27. The van der Waals surface area contributed by atoms with Crippen molar-refractivity contribution in [3.05, 3.63) is 36.0 Å². The van der Waals surface area contributed by atoms with Crippen molar-refractivity contribution in [3.8, 4) is 17.0 Å². The summed E-state index contributed by atoms with van der Waals surface area (Å²) in [5.41, 5.74) is 3.25. The molecule has 2 rings (SSSR count). The number of phenolic OH excluding ortho intramolecular Hbond substituents is 1. The largest absolute Gasteiger partial charge is 0.508 e. The van der Waals surface area contributed by atoms with Gasteiger partial charge in [0.1, 0.15) is 5.75 Å². The molecule has 1 aromatic carbocycles. The summed E-state index contributed by atoms with van der Waals surface area (Å²) >= 11 is 0. The van der Waals surface area contributed by atoms with Crippen molar-refractivity contribution in [2.45, 2.75) is 6.42 Å². The minimum absolute atomic E-state index is 0.278. The van der Waals surface area contributed by atoms with Crippen molar-refractivity contribution in [2.24, 2.45) is 0 Å². The van der Waals surface area contributed by atoms with Gasteiger partial charge in [-0.15, -0.1) is 0 Å². The van der Waals surface area contributed by atoms with Gasteiger partial charge in [0, 0.05) is 5.56 Å². The van der Waals surface area contributed by atoms with E-state index in [1.54, 1.807) is 12.1 Å². The molecule has 1 heterocycles. The first-order chi connectivity index (χ1) is 7.81. The zero-order chi connectivity index (χ0) is 11.4. The Hall–Kier alpha value is -1.81. The zero-order valence-corrected chi connectivity index (χ0v) is 9.20. The Labute approximate surface area is 94.3 Å². The highest BCUT2D eigenvalue weighted by Gasteiger charge is 2.06. The summed E-state index contributed by atoms with van der Waals surface area (Å²) in [6.45, 7) is 0.921. The highest BCUT2D eigenvalue weighted by molar-refractivity contribution is 5.63. The van der Waals surface area contributed by atoms with Crippen LogP contribution in [0, 0.1) is 0 Å². The quantitative estimate of drug-likeness (QED) is 0.728. The standard InChI is InChI=1S/C12H15N3O/c1-13-7-6-10-8-14-15-12(10)9-2-4-11(16)5-3-9/h2-5,8,13,16H,6-7H2,1H3,(H,14,15). The monoisotopic (exact) mass is 217 g/mol. The van der Waals surface area contributed by atoms with Gasteiger partial charge in [-0.1, -0.05) is 0 Å². The Balaban J connectivity index is 2.26. The van der Waals surface area contributed by atoms with Crippen molar-refractivity contribution in [3.63, 3.8) is 0 Å². The zero-order valence-electron chi connectivity index (χ0n) is 9.20. The van der Waals surface area contributed by atoms with E-state index in [9.17, 15) is 5.11 Å². The number of nitrogens with zero attached hydrogens (tertiary/aromatic N) is 1. The van der Waals surface area contributed by atoms with Crippen LogP contribution in [0.3, 0.4) is 0 Å². The highest BCUT2D eigenvalue weighted by atomic mass is 16.3. The average molecular weight is 217 g/mol. The van der Waals surface area contributed by atoms with Gasteiger partial charge in [-0.3, -0.25) is 5.10 Å². The smallest absolute Gasteiger partial charge is 0.115 e. The third kappa shape index (κ3) is 2.23. The van der Waals surface area contributed by atoms with Gasteiger partial charge in [0.15, 0.2) is 0 Å². The lowest BCUT2D eigenvalue weighted by Gasteiger charge is -2.03. The topological polar surface area (TPSA) is 60.9 Å². The molecule has 1 aromatic heterocycles. The molecule has 0 aliphatic rings. The lowest BCUT2D eigenvalue weighted by Crippen LogP contribution is -2.10. The molecule has 16 heavy (non-hydrogen) atoms. The van der Waals surface area contributed by atoms with Crippen LogP contribution in [0.25, 0.3) is 11.3 Å².